The van der Waals surface area contributed by atoms with Crippen molar-refractivity contribution < 1.29 is 18.7 Å². The van der Waals surface area contributed by atoms with Crippen LogP contribution in [0.5, 0.6) is 5.75 Å². The first-order valence-electron chi connectivity index (χ1n) is 10.2. The molecule has 0 aromatic heterocycles. The summed E-state index contributed by atoms with van der Waals surface area (Å²) in [6.45, 7) is 4.06. The zero-order chi connectivity index (χ0) is 22.0. The molecule has 2 amide bonds. The van der Waals surface area contributed by atoms with E-state index in [-0.39, 0.29) is 16.5 Å². The number of nitrogens with zero attached hydrogens (tertiary/aromatic N) is 2. The summed E-state index contributed by atoms with van der Waals surface area (Å²) in [7, 11) is 0. The van der Waals surface area contributed by atoms with Crippen LogP contribution in [0.3, 0.4) is 0 Å². The molecule has 0 saturated carbocycles. The van der Waals surface area contributed by atoms with Crippen molar-refractivity contribution in [2.24, 2.45) is 0 Å². The fraction of sp³-hybridized carbons (Fsp3) is 0.261. The van der Waals surface area contributed by atoms with E-state index in [0.717, 1.165) is 25.9 Å². The van der Waals surface area contributed by atoms with Gasteiger partial charge in [-0.1, -0.05) is 6.07 Å². The zero-order valence-corrected chi connectivity index (χ0v) is 17.9. The molecule has 4 rings (SSSR count). The molecule has 2 saturated heterocycles. The molecule has 0 radical (unpaired) electrons. The van der Waals surface area contributed by atoms with E-state index in [0.29, 0.717) is 29.3 Å². The van der Waals surface area contributed by atoms with Crippen LogP contribution in [0.1, 0.15) is 25.3 Å². The summed E-state index contributed by atoms with van der Waals surface area (Å²) >= 11 is 5.21. The summed E-state index contributed by atoms with van der Waals surface area (Å²) in [5, 5.41) is 2.53. The van der Waals surface area contributed by atoms with E-state index in [2.05, 4.69) is 5.32 Å². The third-order valence-electron chi connectivity index (χ3n) is 5.24. The van der Waals surface area contributed by atoms with Gasteiger partial charge in [-0.15, -0.1) is 0 Å². The first-order chi connectivity index (χ1) is 15.0. The normalized spacial score (nSPS) is 18.0. The number of anilines is 2. The van der Waals surface area contributed by atoms with Crippen LogP contribution in [0.15, 0.2) is 48.0 Å². The summed E-state index contributed by atoms with van der Waals surface area (Å²) in [5.41, 5.74) is 1.35. The Bertz CT molecular complexity index is 1060. The highest BCUT2D eigenvalue weighted by molar-refractivity contribution is 7.80. The number of carbonyl (C=O) groups excluding carboxylic acids is 2. The highest BCUT2D eigenvalue weighted by atomic mass is 32.1. The molecule has 2 aromatic rings. The van der Waals surface area contributed by atoms with Gasteiger partial charge in [0.15, 0.2) is 5.11 Å². The molecule has 0 spiro atoms. The van der Waals surface area contributed by atoms with E-state index >= 15 is 0 Å². The molecule has 0 atom stereocenters. The predicted molar refractivity (Wildman–Crippen MR) is 122 cm³/mol. The highest BCUT2D eigenvalue weighted by Gasteiger charge is 2.34. The number of hydrogen-bond donors (Lipinski definition) is 1. The van der Waals surface area contributed by atoms with Crippen molar-refractivity contribution in [1.82, 2.24) is 5.32 Å². The van der Waals surface area contributed by atoms with E-state index in [1.807, 2.05) is 11.8 Å². The lowest BCUT2D eigenvalue weighted by molar-refractivity contribution is -0.122. The van der Waals surface area contributed by atoms with Crippen LogP contribution in [-0.2, 0) is 9.59 Å². The van der Waals surface area contributed by atoms with Crippen LogP contribution in [0, 0.1) is 5.82 Å². The standard InChI is InChI=1S/C23H22FN3O3S/c1-2-30-17-8-6-16(7-9-17)27-22(29)18(21(28)25-23(27)31)13-15-5-10-20(19(24)14-15)26-11-3-4-12-26/h5-10,13-14H,2-4,11-12H2,1H3,(H,25,28,31). The van der Waals surface area contributed by atoms with Gasteiger partial charge in [-0.3, -0.25) is 19.8 Å². The molecule has 1 N–H and O–H groups in total. The van der Waals surface area contributed by atoms with Crippen molar-refractivity contribution in [1.29, 1.82) is 0 Å². The molecule has 2 aromatic carbocycles. The molecule has 160 valence electrons. The van der Waals surface area contributed by atoms with Crippen molar-refractivity contribution >= 4 is 46.6 Å². The maximum atomic E-state index is 14.7. The van der Waals surface area contributed by atoms with Crippen molar-refractivity contribution in [3.8, 4) is 5.75 Å². The molecule has 31 heavy (non-hydrogen) atoms. The van der Waals surface area contributed by atoms with E-state index in [1.54, 1.807) is 36.4 Å². The van der Waals surface area contributed by atoms with Gasteiger partial charge in [0.1, 0.15) is 17.1 Å². The third-order valence-corrected chi connectivity index (χ3v) is 5.52. The Labute approximate surface area is 185 Å². The van der Waals surface area contributed by atoms with Gasteiger partial charge in [0.05, 0.1) is 18.0 Å². The highest BCUT2D eigenvalue weighted by Crippen LogP contribution is 2.27. The number of halogens is 1. The van der Waals surface area contributed by atoms with Crippen molar-refractivity contribution in [2.75, 3.05) is 29.5 Å². The predicted octanol–water partition coefficient (Wildman–Crippen LogP) is 3.66. The molecule has 8 heteroatoms. The van der Waals surface area contributed by atoms with Crippen LogP contribution in [-0.4, -0.2) is 36.6 Å². The smallest absolute Gasteiger partial charge is 0.270 e. The van der Waals surface area contributed by atoms with Crippen LogP contribution in [0.4, 0.5) is 15.8 Å². The van der Waals surface area contributed by atoms with Crippen LogP contribution in [0.25, 0.3) is 6.08 Å². The van der Waals surface area contributed by atoms with Gasteiger partial charge >= 0.3 is 0 Å². The number of nitrogens with one attached hydrogen (secondary N) is 1. The molecule has 6 nitrogen and oxygen atoms in total. The molecule has 0 unspecified atom stereocenters. The summed E-state index contributed by atoms with van der Waals surface area (Å²) in [6, 6.07) is 11.6. The maximum Gasteiger partial charge on any atom is 0.270 e. The Hall–Kier alpha value is -3.26. The van der Waals surface area contributed by atoms with Gasteiger partial charge < -0.3 is 9.64 Å². The van der Waals surface area contributed by atoms with Gasteiger partial charge in [0.25, 0.3) is 11.8 Å². The van der Waals surface area contributed by atoms with Crippen molar-refractivity contribution in [3.05, 3.63) is 59.4 Å². The maximum absolute atomic E-state index is 14.7. The number of rotatable bonds is 5. The van der Waals surface area contributed by atoms with E-state index in [1.165, 1.54) is 17.0 Å². The van der Waals surface area contributed by atoms with Crippen LogP contribution < -0.4 is 19.9 Å². The first kappa shape index (κ1) is 21.0. The minimum atomic E-state index is -0.610. The SMILES string of the molecule is CCOc1ccc(N2C(=O)C(=Cc3ccc(N4CCCC4)c(F)c3)C(=O)NC2=S)cc1. The summed E-state index contributed by atoms with van der Waals surface area (Å²) in [4.78, 5) is 28.8. The second-order valence-electron chi connectivity index (χ2n) is 7.29. The second kappa shape index (κ2) is 8.85. The fourth-order valence-electron chi connectivity index (χ4n) is 3.74. The molecule has 0 bridgehead atoms. The summed E-state index contributed by atoms with van der Waals surface area (Å²) in [5.74, 6) is -0.892. The largest absolute Gasteiger partial charge is 0.494 e. The number of amides is 2. The number of benzene rings is 2. The topological polar surface area (TPSA) is 61.9 Å². The Morgan fingerprint density at radius 2 is 1.84 bits per heavy atom. The van der Waals surface area contributed by atoms with Crippen molar-refractivity contribution in [2.45, 2.75) is 19.8 Å². The Morgan fingerprint density at radius 3 is 2.48 bits per heavy atom. The molecule has 0 aliphatic carbocycles. The van der Waals surface area contributed by atoms with Crippen molar-refractivity contribution in [3.63, 3.8) is 0 Å². The lowest BCUT2D eigenvalue weighted by Crippen LogP contribution is -2.54. The molecule has 2 aliphatic heterocycles. The van der Waals surface area contributed by atoms with Gasteiger partial charge in [0.2, 0.25) is 0 Å². The van der Waals surface area contributed by atoms with Gasteiger partial charge in [-0.05, 0) is 80.0 Å². The molecule has 2 fully saturated rings. The summed E-state index contributed by atoms with van der Waals surface area (Å²) in [6.07, 6.45) is 3.47. The van der Waals surface area contributed by atoms with Crippen LogP contribution in [0.2, 0.25) is 0 Å². The lowest BCUT2D eigenvalue weighted by atomic mass is 10.1. The number of ether oxygens (including phenoxy) is 1. The fourth-order valence-corrected chi connectivity index (χ4v) is 4.03. The molecular weight excluding hydrogens is 417 g/mol. The van der Waals surface area contributed by atoms with E-state index in [4.69, 9.17) is 17.0 Å². The van der Waals surface area contributed by atoms with E-state index < -0.39 is 11.8 Å². The molecule has 2 aliphatic rings. The number of carbonyl (C=O) groups is 2. The summed E-state index contributed by atoms with van der Waals surface area (Å²) < 4.78 is 20.1. The van der Waals surface area contributed by atoms with Crippen LogP contribution >= 0.6 is 12.2 Å². The van der Waals surface area contributed by atoms with Gasteiger partial charge in [-0.25, -0.2) is 4.39 Å². The monoisotopic (exact) mass is 439 g/mol. The van der Waals surface area contributed by atoms with Gasteiger partial charge in [0, 0.05) is 13.1 Å². The second-order valence-corrected chi connectivity index (χ2v) is 7.68. The Kier molecular flexibility index (Phi) is 5.99. The van der Waals surface area contributed by atoms with E-state index in [9.17, 15) is 14.0 Å². The Morgan fingerprint density at radius 1 is 1.13 bits per heavy atom. The van der Waals surface area contributed by atoms with Gasteiger partial charge in [-0.2, -0.15) is 0 Å². The third kappa shape index (κ3) is 4.29. The molecule has 2 heterocycles. The zero-order valence-electron chi connectivity index (χ0n) is 17.1. The number of hydrogen-bond acceptors (Lipinski definition) is 5. The first-order valence-corrected chi connectivity index (χ1v) is 10.6. The lowest BCUT2D eigenvalue weighted by Gasteiger charge is -2.29. The minimum Gasteiger partial charge on any atom is -0.494 e. The Balaban J connectivity index is 1.62. The average molecular weight is 440 g/mol. The minimum absolute atomic E-state index is 0.00753. The number of thiocarbonyl (C=S) groups is 1. The molecular formula is C23H22FN3O3S. The average Bonchev–Trinajstić information content (AvgIpc) is 3.27. The quantitative estimate of drug-likeness (QED) is 0.438.